The molecule has 0 fully saturated rings. The highest BCUT2D eigenvalue weighted by atomic mass is 35.5. The molecule has 2 aromatic carbocycles. The second-order valence-corrected chi connectivity index (χ2v) is 7.53. The van der Waals surface area contributed by atoms with Crippen LogP contribution >= 0.6 is 11.6 Å². The van der Waals surface area contributed by atoms with E-state index in [2.05, 4.69) is 15.7 Å². The number of halogens is 1. The number of para-hydroxylation sites is 1. The van der Waals surface area contributed by atoms with Gasteiger partial charge in [-0.15, -0.1) is 0 Å². The Kier molecular flexibility index (Phi) is 6.87. The molecule has 31 heavy (non-hydrogen) atoms. The summed E-state index contributed by atoms with van der Waals surface area (Å²) in [5, 5.41) is 10.4. The van der Waals surface area contributed by atoms with E-state index in [0.29, 0.717) is 34.1 Å². The van der Waals surface area contributed by atoms with Crippen LogP contribution in [0.15, 0.2) is 53.3 Å². The first-order chi connectivity index (χ1) is 14.8. The van der Waals surface area contributed by atoms with Crippen LogP contribution < -0.4 is 16.2 Å². The highest BCUT2D eigenvalue weighted by Gasteiger charge is 2.12. The third kappa shape index (κ3) is 5.38. The molecule has 0 saturated carbocycles. The minimum atomic E-state index is -0.414. The first kappa shape index (κ1) is 22.2. The number of anilines is 2. The molecule has 0 aliphatic carbocycles. The first-order valence-corrected chi connectivity index (χ1v) is 10.2. The highest BCUT2D eigenvalue weighted by Crippen LogP contribution is 2.25. The number of aryl methyl sites for hydroxylation is 2. The lowest BCUT2D eigenvalue weighted by molar-refractivity contribution is -0.117. The second-order valence-electron chi connectivity index (χ2n) is 7.13. The molecular formula is C23H23ClN4O3. The summed E-state index contributed by atoms with van der Waals surface area (Å²) in [6.45, 7) is 5.24. The molecule has 0 aliphatic rings. The normalized spacial score (nSPS) is 10.6. The average Bonchev–Trinajstić information content (AvgIpc) is 2.74. The molecule has 0 radical (unpaired) electrons. The number of rotatable bonds is 6. The van der Waals surface area contributed by atoms with Crippen LogP contribution in [0.2, 0.25) is 5.02 Å². The predicted octanol–water partition coefficient (Wildman–Crippen LogP) is 4.17. The molecule has 1 aromatic heterocycles. The number of carbonyl (C=O) groups is 2. The average molecular weight is 439 g/mol. The van der Waals surface area contributed by atoms with Crippen molar-refractivity contribution in [2.75, 3.05) is 10.6 Å². The molecule has 2 N–H and O–H groups in total. The number of amides is 2. The molecule has 8 heteroatoms. The Morgan fingerprint density at radius 2 is 1.77 bits per heavy atom. The summed E-state index contributed by atoms with van der Waals surface area (Å²) in [6.07, 6.45) is 0.368. The standard InChI is InChI=1S/C23H23ClN4O3/c1-4-20(29)25-19-12-16(9-8-14(19)2)18-10-11-22(31)28(27-18)13-21(30)26-23-15(3)6-5-7-17(23)24/h5-12H,4,13H2,1-3H3,(H,25,29)(H,26,30). The van der Waals surface area contributed by atoms with Crippen LogP contribution in [0.3, 0.4) is 0 Å². The molecule has 0 atom stereocenters. The highest BCUT2D eigenvalue weighted by molar-refractivity contribution is 6.33. The number of nitrogens with one attached hydrogen (secondary N) is 2. The van der Waals surface area contributed by atoms with E-state index in [1.54, 1.807) is 31.2 Å². The van der Waals surface area contributed by atoms with Crippen molar-refractivity contribution in [2.45, 2.75) is 33.7 Å². The van der Waals surface area contributed by atoms with Crippen molar-refractivity contribution >= 4 is 34.8 Å². The van der Waals surface area contributed by atoms with Crippen LogP contribution in [0.4, 0.5) is 11.4 Å². The van der Waals surface area contributed by atoms with Crippen molar-refractivity contribution in [3.8, 4) is 11.3 Å². The van der Waals surface area contributed by atoms with Gasteiger partial charge in [-0.25, -0.2) is 4.68 Å². The van der Waals surface area contributed by atoms with Crippen LogP contribution in [0.5, 0.6) is 0 Å². The van der Waals surface area contributed by atoms with Crippen molar-refractivity contribution in [1.29, 1.82) is 0 Å². The van der Waals surface area contributed by atoms with Crippen LogP contribution in [0.25, 0.3) is 11.3 Å². The van der Waals surface area contributed by atoms with E-state index in [9.17, 15) is 14.4 Å². The molecule has 3 rings (SSSR count). The number of carbonyl (C=O) groups excluding carboxylic acids is 2. The molecule has 0 unspecified atom stereocenters. The maximum Gasteiger partial charge on any atom is 0.267 e. The summed E-state index contributed by atoms with van der Waals surface area (Å²) >= 11 is 6.16. The lowest BCUT2D eigenvalue weighted by atomic mass is 10.1. The molecule has 0 aliphatic heterocycles. The number of hydrogen-bond donors (Lipinski definition) is 2. The van der Waals surface area contributed by atoms with Crippen molar-refractivity contribution < 1.29 is 9.59 Å². The predicted molar refractivity (Wildman–Crippen MR) is 122 cm³/mol. The summed E-state index contributed by atoms with van der Waals surface area (Å²) in [5.41, 5.74) is 3.73. The maximum atomic E-state index is 12.5. The number of nitrogens with zero attached hydrogens (tertiary/aromatic N) is 2. The van der Waals surface area contributed by atoms with E-state index >= 15 is 0 Å². The third-order valence-corrected chi connectivity index (χ3v) is 5.09. The van der Waals surface area contributed by atoms with Crippen LogP contribution in [0, 0.1) is 13.8 Å². The minimum absolute atomic E-state index is 0.0929. The first-order valence-electron chi connectivity index (χ1n) is 9.82. The molecule has 1 heterocycles. The van der Waals surface area contributed by atoms with Gasteiger partial charge in [0, 0.05) is 23.7 Å². The van der Waals surface area contributed by atoms with E-state index in [-0.39, 0.29) is 12.5 Å². The van der Waals surface area contributed by atoms with Gasteiger partial charge in [0.15, 0.2) is 0 Å². The third-order valence-electron chi connectivity index (χ3n) is 4.77. The molecular weight excluding hydrogens is 416 g/mol. The van der Waals surface area contributed by atoms with Crippen LogP contribution in [-0.2, 0) is 16.1 Å². The summed E-state index contributed by atoms with van der Waals surface area (Å²) in [4.78, 5) is 36.6. The van der Waals surface area contributed by atoms with Gasteiger partial charge in [0.05, 0.1) is 16.4 Å². The van der Waals surface area contributed by atoms with Crippen molar-refractivity contribution in [3.63, 3.8) is 0 Å². The summed E-state index contributed by atoms with van der Waals surface area (Å²) in [6, 6.07) is 13.8. The largest absolute Gasteiger partial charge is 0.326 e. The second kappa shape index (κ2) is 9.57. The fourth-order valence-electron chi connectivity index (χ4n) is 2.98. The van der Waals surface area contributed by atoms with Gasteiger partial charge in [-0.1, -0.05) is 42.8 Å². The Morgan fingerprint density at radius 3 is 2.48 bits per heavy atom. The van der Waals surface area contributed by atoms with Crippen molar-refractivity contribution in [2.24, 2.45) is 0 Å². The Balaban J connectivity index is 1.85. The van der Waals surface area contributed by atoms with E-state index < -0.39 is 11.5 Å². The van der Waals surface area contributed by atoms with Gasteiger partial charge < -0.3 is 10.6 Å². The topological polar surface area (TPSA) is 93.1 Å². The van der Waals surface area contributed by atoms with Gasteiger partial charge in [0.1, 0.15) is 6.54 Å². The lowest BCUT2D eigenvalue weighted by Gasteiger charge is -2.12. The molecule has 0 bridgehead atoms. The van der Waals surface area contributed by atoms with Crippen molar-refractivity contribution in [1.82, 2.24) is 9.78 Å². The Hall–Kier alpha value is -3.45. The monoisotopic (exact) mass is 438 g/mol. The molecule has 0 saturated heterocycles. The summed E-state index contributed by atoms with van der Waals surface area (Å²) in [7, 11) is 0. The van der Waals surface area contributed by atoms with Gasteiger partial charge in [-0.05, 0) is 43.2 Å². The van der Waals surface area contributed by atoms with Gasteiger partial charge >= 0.3 is 0 Å². The molecule has 160 valence electrons. The quantitative estimate of drug-likeness (QED) is 0.604. The lowest BCUT2D eigenvalue weighted by Crippen LogP contribution is -2.29. The van der Waals surface area contributed by atoms with Crippen LogP contribution in [-0.4, -0.2) is 21.6 Å². The minimum Gasteiger partial charge on any atom is -0.326 e. The number of aromatic nitrogens is 2. The van der Waals surface area contributed by atoms with Gasteiger partial charge in [-0.2, -0.15) is 5.10 Å². The Labute approximate surface area is 185 Å². The van der Waals surface area contributed by atoms with E-state index in [1.165, 1.54) is 6.07 Å². The zero-order chi connectivity index (χ0) is 22.5. The Morgan fingerprint density at radius 1 is 1.00 bits per heavy atom. The van der Waals surface area contributed by atoms with Gasteiger partial charge in [0.25, 0.3) is 5.56 Å². The maximum absolute atomic E-state index is 12.5. The van der Waals surface area contributed by atoms with Gasteiger partial charge in [0.2, 0.25) is 11.8 Å². The van der Waals surface area contributed by atoms with E-state index in [4.69, 9.17) is 11.6 Å². The molecule has 3 aromatic rings. The Bertz CT molecular complexity index is 1180. The van der Waals surface area contributed by atoms with E-state index in [0.717, 1.165) is 15.8 Å². The zero-order valence-corrected chi connectivity index (χ0v) is 18.3. The number of hydrogen-bond acceptors (Lipinski definition) is 4. The van der Waals surface area contributed by atoms with Crippen LogP contribution in [0.1, 0.15) is 24.5 Å². The fourth-order valence-corrected chi connectivity index (χ4v) is 3.24. The van der Waals surface area contributed by atoms with E-state index in [1.807, 2.05) is 32.0 Å². The summed E-state index contributed by atoms with van der Waals surface area (Å²) in [5.74, 6) is -0.507. The van der Waals surface area contributed by atoms with Crippen molar-refractivity contribution in [3.05, 3.63) is 75.0 Å². The fraction of sp³-hybridized carbons (Fsp3) is 0.217. The summed E-state index contributed by atoms with van der Waals surface area (Å²) < 4.78 is 1.10. The molecule has 0 spiro atoms. The van der Waals surface area contributed by atoms with Gasteiger partial charge in [-0.3, -0.25) is 14.4 Å². The molecule has 2 amide bonds. The SMILES string of the molecule is CCC(=O)Nc1cc(-c2ccc(=O)n(CC(=O)Nc3c(C)cccc3Cl)n2)ccc1C. The number of benzene rings is 2. The zero-order valence-electron chi connectivity index (χ0n) is 17.5. The smallest absolute Gasteiger partial charge is 0.267 e. The molecule has 7 nitrogen and oxygen atoms in total.